The van der Waals surface area contributed by atoms with Gasteiger partial charge in [-0.1, -0.05) is 0 Å². The largest absolute Gasteiger partial charge is 0.381 e. The van der Waals surface area contributed by atoms with Crippen LogP contribution in [0, 0.1) is 5.92 Å². The molecule has 2 aliphatic heterocycles. The first kappa shape index (κ1) is 18.1. The van der Waals surface area contributed by atoms with E-state index in [0.717, 1.165) is 55.7 Å². The van der Waals surface area contributed by atoms with Gasteiger partial charge in [-0.2, -0.15) is 9.61 Å². The first-order chi connectivity index (χ1) is 14.2. The molecule has 9 heteroatoms. The number of anilines is 2. The lowest BCUT2D eigenvalue weighted by Gasteiger charge is -2.24. The molecule has 1 saturated carbocycles. The Morgan fingerprint density at radius 2 is 2.07 bits per heavy atom. The maximum atomic E-state index is 11.9. The average molecular weight is 396 g/mol. The summed E-state index contributed by atoms with van der Waals surface area (Å²) in [6.07, 6.45) is 7.88. The molecule has 9 nitrogen and oxygen atoms in total. The van der Waals surface area contributed by atoms with Crippen LogP contribution in [-0.2, 0) is 14.3 Å². The van der Waals surface area contributed by atoms with Crippen molar-refractivity contribution in [2.75, 3.05) is 30.4 Å². The molecule has 3 fully saturated rings. The van der Waals surface area contributed by atoms with Gasteiger partial charge in [0.05, 0.1) is 12.6 Å². The second-order valence-corrected chi connectivity index (χ2v) is 7.94. The lowest BCUT2D eigenvalue weighted by atomic mass is 10.1. The number of carbonyl (C=O) groups is 2. The van der Waals surface area contributed by atoms with Crippen LogP contribution in [0.3, 0.4) is 0 Å². The Labute approximate surface area is 167 Å². The number of amides is 2. The molecule has 2 aromatic heterocycles. The van der Waals surface area contributed by atoms with Gasteiger partial charge in [0.15, 0.2) is 5.65 Å². The maximum absolute atomic E-state index is 11.9. The van der Waals surface area contributed by atoms with Gasteiger partial charge in [0, 0.05) is 43.0 Å². The molecular weight excluding hydrogens is 372 g/mol. The molecule has 2 saturated heterocycles. The van der Waals surface area contributed by atoms with E-state index in [0.29, 0.717) is 17.3 Å². The third kappa shape index (κ3) is 3.95. The highest BCUT2D eigenvalue weighted by molar-refractivity contribution is 6.15. The molecule has 0 atom stereocenters. The van der Waals surface area contributed by atoms with Gasteiger partial charge in [-0.25, -0.2) is 4.98 Å². The number of carbonyl (C=O) groups excluding carboxylic acids is 2. The van der Waals surface area contributed by atoms with Crippen molar-refractivity contribution < 1.29 is 14.3 Å². The molecule has 29 heavy (non-hydrogen) atoms. The van der Waals surface area contributed by atoms with Crippen molar-refractivity contribution in [1.29, 1.82) is 0 Å². The van der Waals surface area contributed by atoms with Crippen LogP contribution in [-0.4, -0.2) is 52.2 Å². The van der Waals surface area contributed by atoms with Crippen LogP contribution in [0.2, 0.25) is 0 Å². The standard InChI is InChI=1S/C20H24N6O3/c27-18-8-13(20(28)25-18)7-14-11-22-26-17(21-10-12-1-2-12)9-16(24-19(14)26)23-15-3-5-29-6-4-15/h7,9,11-12,15,21H,1-6,8,10H2,(H,23,24)(H,25,27,28)/b13-7+. The Bertz CT molecular complexity index is 988. The number of nitrogens with one attached hydrogen (secondary N) is 3. The minimum Gasteiger partial charge on any atom is -0.381 e. The van der Waals surface area contributed by atoms with Crippen molar-refractivity contribution in [2.45, 2.75) is 38.1 Å². The number of imide groups is 1. The van der Waals surface area contributed by atoms with Crippen LogP contribution in [0.15, 0.2) is 17.8 Å². The van der Waals surface area contributed by atoms with Gasteiger partial charge in [0.25, 0.3) is 5.91 Å². The van der Waals surface area contributed by atoms with Gasteiger partial charge in [-0.3, -0.25) is 14.9 Å². The van der Waals surface area contributed by atoms with Gasteiger partial charge >= 0.3 is 0 Å². The van der Waals surface area contributed by atoms with Crippen molar-refractivity contribution in [3.05, 3.63) is 23.4 Å². The zero-order valence-corrected chi connectivity index (χ0v) is 16.1. The summed E-state index contributed by atoms with van der Waals surface area (Å²) in [5.41, 5.74) is 1.80. The van der Waals surface area contributed by atoms with Gasteiger partial charge in [0.1, 0.15) is 11.6 Å². The van der Waals surface area contributed by atoms with Gasteiger partial charge in [-0.05, 0) is 37.7 Å². The smallest absolute Gasteiger partial charge is 0.254 e. The number of rotatable bonds is 6. The molecule has 2 aromatic rings. The van der Waals surface area contributed by atoms with Crippen LogP contribution in [0.5, 0.6) is 0 Å². The predicted octanol–water partition coefficient (Wildman–Crippen LogP) is 1.57. The van der Waals surface area contributed by atoms with E-state index >= 15 is 0 Å². The number of hydrogen-bond acceptors (Lipinski definition) is 7. The van der Waals surface area contributed by atoms with Crippen molar-refractivity contribution in [3.63, 3.8) is 0 Å². The molecule has 4 heterocycles. The number of aromatic nitrogens is 3. The number of nitrogens with zero attached hydrogens (tertiary/aromatic N) is 3. The summed E-state index contributed by atoms with van der Waals surface area (Å²) in [4.78, 5) is 28.2. The van der Waals surface area contributed by atoms with Gasteiger partial charge < -0.3 is 15.4 Å². The van der Waals surface area contributed by atoms with Crippen LogP contribution < -0.4 is 16.0 Å². The molecular formula is C20H24N6O3. The summed E-state index contributed by atoms with van der Waals surface area (Å²) in [6, 6.07) is 2.30. The Kier molecular flexibility index (Phi) is 4.67. The van der Waals surface area contributed by atoms with Crippen LogP contribution in [0.25, 0.3) is 11.7 Å². The van der Waals surface area contributed by atoms with E-state index in [1.807, 2.05) is 6.07 Å². The van der Waals surface area contributed by atoms with Crippen molar-refractivity contribution in [3.8, 4) is 0 Å². The van der Waals surface area contributed by atoms with E-state index in [4.69, 9.17) is 9.72 Å². The fourth-order valence-corrected chi connectivity index (χ4v) is 3.71. The SMILES string of the molecule is O=C1C/C(=C\c2cnn3c(NCC4CC4)cc(NC4CCOCC4)nc23)C(=O)N1. The zero-order valence-electron chi connectivity index (χ0n) is 16.1. The topological polar surface area (TPSA) is 110 Å². The molecule has 0 bridgehead atoms. The molecule has 152 valence electrons. The molecule has 2 amide bonds. The van der Waals surface area contributed by atoms with Crippen LogP contribution >= 0.6 is 0 Å². The third-order valence-corrected chi connectivity index (χ3v) is 5.57. The first-order valence-corrected chi connectivity index (χ1v) is 10.2. The summed E-state index contributed by atoms with van der Waals surface area (Å²) in [5.74, 6) is 1.73. The normalized spacial score (nSPS) is 21.7. The second kappa shape index (κ2) is 7.47. The maximum Gasteiger partial charge on any atom is 0.254 e. The third-order valence-electron chi connectivity index (χ3n) is 5.57. The molecule has 0 aromatic carbocycles. The zero-order chi connectivity index (χ0) is 19.8. The second-order valence-electron chi connectivity index (χ2n) is 7.94. The Morgan fingerprint density at radius 1 is 1.24 bits per heavy atom. The quantitative estimate of drug-likeness (QED) is 0.502. The summed E-state index contributed by atoms with van der Waals surface area (Å²) in [5, 5.41) is 13.8. The first-order valence-electron chi connectivity index (χ1n) is 10.2. The molecule has 3 N–H and O–H groups in total. The molecule has 0 spiro atoms. The number of hydrogen-bond donors (Lipinski definition) is 3. The summed E-state index contributed by atoms with van der Waals surface area (Å²) in [7, 11) is 0. The van der Waals surface area contributed by atoms with Gasteiger partial charge in [-0.15, -0.1) is 0 Å². The van der Waals surface area contributed by atoms with E-state index in [2.05, 4.69) is 21.0 Å². The van der Waals surface area contributed by atoms with Crippen molar-refractivity contribution in [2.24, 2.45) is 5.92 Å². The van der Waals surface area contributed by atoms with E-state index < -0.39 is 0 Å². The Morgan fingerprint density at radius 3 is 2.79 bits per heavy atom. The van der Waals surface area contributed by atoms with E-state index in [1.165, 1.54) is 12.8 Å². The summed E-state index contributed by atoms with van der Waals surface area (Å²) < 4.78 is 7.21. The Balaban J connectivity index is 1.49. The lowest BCUT2D eigenvalue weighted by molar-refractivity contribution is -0.124. The summed E-state index contributed by atoms with van der Waals surface area (Å²) >= 11 is 0. The molecule has 0 radical (unpaired) electrons. The molecule has 1 aliphatic carbocycles. The monoisotopic (exact) mass is 396 g/mol. The molecule has 0 unspecified atom stereocenters. The molecule has 3 aliphatic rings. The van der Waals surface area contributed by atoms with Crippen LogP contribution in [0.1, 0.15) is 37.7 Å². The fraction of sp³-hybridized carbons (Fsp3) is 0.500. The van der Waals surface area contributed by atoms with E-state index in [9.17, 15) is 9.59 Å². The highest BCUT2D eigenvalue weighted by Gasteiger charge is 2.25. The number of ether oxygens (including phenoxy) is 1. The highest BCUT2D eigenvalue weighted by atomic mass is 16.5. The van der Waals surface area contributed by atoms with E-state index in [1.54, 1.807) is 16.8 Å². The Hall–Kier alpha value is -2.94. The van der Waals surface area contributed by atoms with E-state index in [-0.39, 0.29) is 18.2 Å². The lowest BCUT2D eigenvalue weighted by Crippen LogP contribution is -2.28. The fourth-order valence-electron chi connectivity index (χ4n) is 3.71. The molecule has 5 rings (SSSR count). The average Bonchev–Trinajstić information content (AvgIpc) is 3.38. The minimum atomic E-state index is -0.349. The highest BCUT2D eigenvalue weighted by Crippen LogP contribution is 2.30. The van der Waals surface area contributed by atoms with Gasteiger partial charge in [0.2, 0.25) is 5.91 Å². The predicted molar refractivity (Wildman–Crippen MR) is 107 cm³/mol. The van der Waals surface area contributed by atoms with Crippen molar-refractivity contribution in [1.82, 2.24) is 19.9 Å². The minimum absolute atomic E-state index is 0.0863. The summed E-state index contributed by atoms with van der Waals surface area (Å²) in [6.45, 7) is 2.41. The van der Waals surface area contributed by atoms with Crippen molar-refractivity contribution >= 4 is 35.2 Å². The van der Waals surface area contributed by atoms with Crippen LogP contribution in [0.4, 0.5) is 11.6 Å². The number of fused-ring (bicyclic) bond motifs is 1.